The predicted octanol–water partition coefficient (Wildman–Crippen LogP) is 2.02. The average Bonchev–Trinajstić information content (AvgIpc) is 3.28. The first-order chi connectivity index (χ1) is 13.8. The molecule has 3 heterocycles. The Labute approximate surface area is 171 Å². The van der Waals surface area contributed by atoms with Crippen LogP contribution in [0.25, 0.3) is 0 Å². The van der Waals surface area contributed by atoms with Crippen molar-refractivity contribution in [3.05, 3.63) is 40.8 Å². The minimum Gasteiger partial charge on any atom is -0.357 e. The van der Waals surface area contributed by atoms with Crippen LogP contribution in [0.15, 0.2) is 40.3 Å². The molecule has 8 heteroatoms. The first kappa shape index (κ1) is 20.5. The molecule has 1 saturated heterocycles. The lowest BCUT2D eigenvalue weighted by Crippen LogP contribution is -2.49. The predicted molar refractivity (Wildman–Crippen MR) is 117 cm³/mol. The van der Waals surface area contributed by atoms with Gasteiger partial charge in [-0.15, -0.1) is 0 Å². The number of aromatic nitrogens is 2. The van der Waals surface area contributed by atoms with E-state index in [0.29, 0.717) is 5.92 Å². The second-order valence-corrected chi connectivity index (χ2v) is 7.76. The summed E-state index contributed by atoms with van der Waals surface area (Å²) in [5.74, 6) is 2.18. The third-order valence-electron chi connectivity index (χ3n) is 4.91. The van der Waals surface area contributed by atoms with Crippen LogP contribution in [0, 0.1) is 0 Å². The largest absolute Gasteiger partial charge is 0.357 e. The highest BCUT2D eigenvalue weighted by molar-refractivity contribution is 7.07. The van der Waals surface area contributed by atoms with E-state index in [4.69, 9.17) is 4.99 Å². The molecule has 7 nitrogen and oxygen atoms in total. The normalized spacial score (nSPS) is 16.8. The van der Waals surface area contributed by atoms with Gasteiger partial charge in [-0.3, -0.25) is 9.89 Å². The Bertz CT molecular complexity index is 697. The Morgan fingerprint density at radius 3 is 2.68 bits per heavy atom. The lowest BCUT2D eigenvalue weighted by Gasteiger charge is -2.34. The number of piperazine rings is 1. The van der Waals surface area contributed by atoms with Gasteiger partial charge < -0.3 is 15.5 Å². The van der Waals surface area contributed by atoms with E-state index in [1.165, 1.54) is 5.56 Å². The molecule has 2 N–H and O–H groups in total. The third-order valence-corrected chi connectivity index (χ3v) is 5.61. The maximum atomic E-state index is 4.76. The van der Waals surface area contributed by atoms with Gasteiger partial charge in [0, 0.05) is 70.7 Å². The number of anilines is 1. The molecule has 2 aromatic heterocycles. The standard InChI is InChI=1S/C20H31N7S/c1-3-21-19(25-15-17(2)18-5-14-28-16-18)22-8-9-26-10-12-27(13-11-26)20-23-6-4-7-24-20/h4-7,14,16-17H,3,8-13,15H2,1-2H3,(H2,21,22,25). The van der Waals surface area contributed by atoms with Gasteiger partial charge in [-0.2, -0.15) is 11.3 Å². The molecular formula is C20H31N7S. The summed E-state index contributed by atoms with van der Waals surface area (Å²) in [7, 11) is 0. The Balaban J connectivity index is 1.39. The van der Waals surface area contributed by atoms with Crippen molar-refractivity contribution in [1.29, 1.82) is 0 Å². The summed E-state index contributed by atoms with van der Waals surface area (Å²) in [5, 5.41) is 11.2. The number of nitrogens with zero attached hydrogens (tertiary/aromatic N) is 5. The number of rotatable bonds is 8. The van der Waals surface area contributed by atoms with Crippen LogP contribution in [0.1, 0.15) is 25.3 Å². The van der Waals surface area contributed by atoms with Crippen molar-refractivity contribution in [3.63, 3.8) is 0 Å². The van der Waals surface area contributed by atoms with Crippen molar-refractivity contribution in [2.75, 3.05) is 57.3 Å². The van der Waals surface area contributed by atoms with Gasteiger partial charge in [0.1, 0.15) is 0 Å². The van der Waals surface area contributed by atoms with Gasteiger partial charge >= 0.3 is 0 Å². The van der Waals surface area contributed by atoms with Gasteiger partial charge in [-0.1, -0.05) is 6.92 Å². The van der Waals surface area contributed by atoms with E-state index in [1.807, 2.05) is 6.07 Å². The summed E-state index contributed by atoms with van der Waals surface area (Å²) in [6, 6.07) is 4.04. The smallest absolute Gasteiger partial charge is 0.225 e. The Hall–Kier alpha value is -2.19. The van der Waals surface area contributed by atoms with Gasteiger partial charge in [0.15, 0.2) is 5.96 Å². The van der Waals surface area contributed by atoms with Crippen LogP contribution in [-0.4, -0.2) is 73.2 Å². The van der Waals surface area contributed by atoms with E-state index in [0.717, 1.165) is 64.3 Å². The quantitative estimate of drug-likeness (QED) is 0.521. The highest BCUT2D eigenvalue weighted by Crippen LogP contribution is 2.18. The van der Waals surface area contributed by atoms with Crippen LogP contribution < -0.4 is 15.5 Å². The zero-order valence-electron chi connectivity index (χ0n) is 16.8. The SMILES string of the molecule is CCNC(=NCC(C)c1ccsc1)NCCN1CCN(c2ncccn2)CC1. The number of hydrogen-bond acceptors (Lipinski definition) is 6. The number of aliphatic imine (C=N–C) groups is 1. The zero-order chi connectivity index (χ0) is 19.6. The summed E-state index contributed by atoms with van der Waals surface area (Å²) in [6.07, 6.45) is 3.61. The molecule has 0 spiro atoms. The molecule has 1 unspecified atom stereocenters. The molecule has 1 atom stereocenters. The second-order valence-electron chi connectivity index (χ2n) is 6.98. The van der Waals surface area contributed by atoms with E-state index in [-0.39, 0.29) is 0 Å². The first-order valence-corrected chi connectivity index (χ1v) is 11.0. The molecule has 28 heavy (non-hydrogen) atoms. The third kappa shape index (κ3) is 6.17. The van der Waals surface area contributed by atoms with Crippen LogP contribution >= 0.6 is 11.3 Å². The molecule has 2 aromatic rings. The summed E-state index contributed by atoms with van der Waals surface area (Å²) < 4.78 is 0. The molecule has 1 fully saturated rings. The topological polar surface area (TPSA) is 68.7 Å². The van der Waals surface area contributed by atoms with Crippen molar-refractivity contribution in [2.45, 2.75) is 19.8 Å². The maximum Gasteiger partial charge on any atom is 0.225 e. The van der Waals surface area contributed by atoms with E-state index in [1.54, 1.807) is 23.7 Å². The van der Waals surface area contributed by atoms with Crippen LogP contribution in [0.5, 0.6) is 0 Å². The summed E-state index contributed by atoms with van der Waals surface area (Å²) in [6.45, 7) is 11.9. The van der Waals surface area contributed by atoms with Gasteiger partial charge in [0.05, 0.1) is 0 Å². The molecule has 0 aromatic carbocycles. The minimum absolute atomic E-state index is 0.440. The van der Waals surface area contributed by atoms with Crippen molar-refractivity contribution < 1.29 is 0 Å². The Kier molecular flexibility index (Phi) is 8.05. The molecule has 3 rings (SSSR count). The van der Waals surface area contributed by atoms with E-state index < -0.39 is 0 Å². The van der Waals surface area contributed by atoms with E-state index in [9.17, 15) is 0 Å². The Morgan fingerprint density at radius 1 is 1.21 bits per heavy atom. The lowest BCUT2D eigenvalue weighted by atomic mass is 10.1. The average molecular weight is 402 g/mol. The van der Waals surface area contributed by atoms with Crippen molar-refractivity contribution in [1.82, 2.24) is 25.5 Å². The highest BCUT2D eigenvalue weighted by Gasteiger charge is 2.18. The molecule has 0 bridgehead atoms. The fraction of sp³-hybridized carbons (Fsp3) is 0.550. The molecule has 0 amide bonds. The molecule has 1 aliphatic heterocycles. The van der Waals surface area contributed by atoms with Gasteiger partial charge in [0.25, 0.3) is 0 Å². The number of hydrogen-bond donors (Lipinski definition) is 2. The number of thiophene rings is 1. The minimum atomic E-state index is 0.440. The molecular weight excluding hydrogens is 370 g/mol. The number of guanidine groups is 1. The fourth-order valence-electron chi connectivity index (χ4n) is 3.19. The molecule has 0 radical (unpaired) electrons. The van der Waals surface area contributed by atoms with Crippen molar-refractivity contribution >= 4 is 23.2 Å². The monoisotopic (exact) mass is 401 g/mol. The summed E-state index contributed by atoms with van der Waals surface area (Å²) >= 11 is 1.74. The summed E-state index contributed by atoms with van der Waals surface area (Å²) in [5.41, 5.74) is 1.37. The van der Waals surface area contributed by atoms with Gasteiger partial charge in [0.2, 0.25) is 5.95 Å². The molecule has 0 saturated carbocycles. The second kappa shape index (κ2) is 11.0. The lowest BCUT2D eigenvalue weighted by molar-refractivity contribution is 0.260. The molecule has 1 aliphatic rings. The fourth-order valence-corrected chi connectivity index (χ4v) is 3.97. The van der Waals surface area contributed by atoms with Crippen molar-refractivity contribution in [3.8, 4) is 0 Å². The number of nitrogens with one attached hydrogen (secondary N) is 2. The van der Waals surface area contributed by atoms with Gasteiger partial charge in [-0.05, 0) is 35.4 Å². The van der Waals surface area contributed by atoms with E-state index >= 15 is 0 Å². The Morgan fingerprint density at radius 2 is 2.00 bits per heavy atom. The van der Waals surface area contributed by atoms with Crippen LogP contribution in [0.3, 0.4) is 0 Å². The van der Waals surface area contributed by atoms with Crippen LogP contribution in [-0.2, 0) is 0 Å². The van der Waals surface area contributed by atoms with Gasteiger partial charge in [-0.25, -0.2) is 9.97 Å². The highest BCUT2D eigenvalue weighted by atomic mass is 32.1. The first-order valence-electron chi connectivity index (χ1n) is 10.0. The van der Waals surface area contributed by atoms with Crippen molar-refractivity contribution in [2.24, 2.45) is 4.99 Å². The molecule has 152 valence electrons. The van der Waals surface area contributed by atoms with Crippen LogP contribution in [0.2, 0.25) is 0 Å². The zero-order valence-corrected chi connectivity index (χ0v) is 17.7. The van der Waals surface area contributed by atoms with E-state index in [2.05, 4.69) is 61.1 Å². The summed E-state index contributed by atoms with van der Waals surface area (Å²) in [4.78, 5) is 18.2. The maximum absolute atomic E-state index is 4.76. The van der Waals surface area contributed by atoms with Crippen LogP contribution in [0.4, 0.5) is 5.95 Å². The molecule has 0 aliphatic carbocycles.